The van der Waals surface area contributed by atoms with E-state index in [9.17, 15) is 14.4 Å². The third kappa shape index (κ3) is 5.75. The third-order valence-corrected chi connectivity index (χ3v) is 5.78. The van der Waals surface area contributed by atoms with Crippen molar-refractivity contribution in [2.45, 2.75) is 20.0 Å². The molecule has 8 heteroatoms. The minimum absolute atomic E-state index is 0.192. The van der Waals surface area contributed by atoms with E-state index in [-0.39, 0.29) is 5.57 Å². The van der Waals surface area contributed by atoms with Crippen LogP contribution in [-0.4, -0.2) is 31.6 Å². The highest BCUT2D eigenvalue weighted by molar-refractivity contribution is 6.39. The van der Waals surface area contributed by atoms with E-state index in [0.29, 0.717) is 48.1 Å². The number of hydrogen-bond donors (Lipinski definition) is 1. The molecule has 0 bridgehead atoms. The van der Waals surface area contributed by atoms with Crippen LogP contribution in [0.1, 0.15) is 23.6 Å². The second-order valence-electron chi connectivity index (χ2n) is 8.36. The monoisotopic (exact) mass is 512 g/mol. The summed E-state index contributed by atoms with van der Waals surface area (Å²) in [6.07, 6.45) is 3.63. The van der Waals surface area contributed by atoms with Gasteiger partial charge in [-0.25, -0.2) is 9.69 Å². The van der Waals surface area contributed by atoms with Crippen molar-refractivity contribution in [1.82, 2.24) is 5.32 Å². The summed E-state index contributed by atoms with van der Waals surface area (Å²) >= 11 is 0. The number of urea groups is 1. The van der Waals surface area contributed by atoms with Crippen LogP contribution < -0.4 is 24.4 Å². The number of amides is 4. The van der Waals surface area contributed by atoms with Crippen LogP contribution in [0.4, 0.5) is 10.5 Å². The zero-order valence-electron chi connectivity index (χ0n) is 21.2. The first-order valence-corrected chi connectivity index (χ1v) is 12.1. The van der Waals surface area contributed by atoms with E-state index in [2.05, 4.69) is 11.9 Å². The normalized spacial score (nSPS) is 14.3. The van der Waals surface area contributed by atoms with E-state index in [1.165, 1.54) is 13.2 Å². The molecule has 0 saturated carbocycles. The van der Waals surface area contributed by atoms with Crippen molar-refractivity contribution in [3.05, 3.63) is 102 Å². The summed E-state index contributed by atoms with van der Waals surface area (Å²) in [4.78, 5) is 39.5. The van der Waals surface area contributed by atoms with Crippen molar-refractivity contribution in [2.75, 3.05) is 18.6 Å². The van der Waals surface area contributed by atoms with E-state index >= 15 is 0 Å². The minimum Gasteiger partial charge on any atom is -0.494 e. The van der Waals surface area contributed by atoms with Crippen LogP contribution >= 0.6 is 0 Å². The maximum absolute atomic E-state index is 13.3. The van der Waals surface area contributed by atoms with Crippen LogP contribution in [0, 0.1) is 0 Å². The fraction of sp³-hybridized carbons (Fsp3) is 0.167. The van der Waals surface area contributed by atoms with Crippen LogP contribution in [-0.2, 0) is 22.6 Å². The molecule has 1 saturated heterocycles. The summed E-state index contributed by atoms with van der Waals surface area (Å²) in [5, 5.41) is 2.24. The molecule has 38 heavy (non-hydrogen) atoms. The number of anilines is 1. The van der Waals surface area contributed by atoms with Gasteiger partial charge in [0.15, 0.2) is 11.5 Å². The number of rotatable bonds is 10. The van der Waals surface area contributed by atoms with Gasteiger partial charge in [0, 0.05) is 5.56 Å². The summed E-state index contributed by atoms with van der Waals surface area (Å²) in [5.74, 6) is 0.0658. The lowest BCUT2D eigenvalue weighted by Gasteiger charge is -2.26. The fourth-order valence-corrected chi connectivity index (χ4v) is 4.04. The molecule has 194 valence electrons. The highest BCUT2D eigenvalue weighted by Gasteiger charge is 2.37. The number of methoxy groups -OCH3 is 1. The molecule has 1 N–H and O–H groups in total. The average Bonchev–Trinajstić information content (AvgIpc) is 2.92. The van der Waals surface area contributed by atoms with Gasteiger partial charge >= 0.3 is 6.03 Å². The first kappa shape index (κ1) is 26.2. The first-order chi connectivity index (χ1) is 18.4. The molecule has 0 radical (unpaired) electrons. The molecule has 0 aromatic heterocycles. The largest absolute Gasteiger partial charge is 0.494 e. The highest BCUT2D eigenvalue weighted by Crippen LogP contribution is 2.35. The number of benzene rings is 3. The van der Waals surface area contributed by atoms with Crippen molar-refractivity contribution in [1.29, 1.82) is 0 Å². The van der Waals surface area contributed by atoms with E-state index in [0.717, 1.165) is 16.0 Å². The number of carbonyl (C=O) groups excluding carboxylic acids is 3. The maximum Gasteiger partial charge on any atom is 0.335 e. The molecule has 1 aliphatic rings. The molecule has 3 aromatic carbocycles. The number of barbiturate groups is 1. The number of hydrogen-bond acceptors (Lipinski definition) is 6. The molecule has 4 amide bonds. The summed E-state index contributed by atoms with van der Waals surface area (Å²) in [5.41, 5.74) is 2.41. The standard InChI is InChI=1S/C30H28N2O6/c1-4-9-22-16-21(18-26(36-3)27(22)38-19-20-10-7-6-8-11-20)17-25-28(33)31-30(35)32(29(25)34)23-12-14-24(15-13-23)37-5-2/h4,6-8,10-18H,1,5,9,19H2,2-3H3,(H,31,33,35)/b25-17+. The van der Waals surface area contributed by atoms with Gasteiger partial charge in [-0.2, -0.15) is 0 Å². The van der Waals surface area contributed by atoms with Crippen LogP contribution in [0.3, 0.4) is 0 Å². The number of allylic oxidation sites excluding steroid dienone is 1. The molecule has 1 fully saturated rings. The second-order valence-corrected chi connectivity index (χ2v) is 8.36. The molecule has 4 rings (SSSR count). The fourth-order valence-electron chi connectivity index (χ4n) is 4.04. The second kappa shape index (κ2) is 11.9. The lowest BCUT2D eigenvalue weighted by Crippen LogP contribution is -2.54. The summed E-state index contributed by atoms with van der Waals surface area (Å²) in [7, 11) is 1.52. The Labute approximate surface area is 221 Å². The van der Waals surface area contributed by atoms with Gasteiger partial charge in [0.25, 0.3) is 11.8 Å². The van der Waals surface area contributed by atoms with Crippen molar-refractivity contribution in [3.8, 4) is 17.2 Å². The Kier molecular flexibility index (Phi) is 8.23. The smallest absolute Gasteiger partial charge is 0.335 e. The number of nitrogens with zero attached hydrogens (tertiary/aromatic N) is 1. The Balaban J connectivity index is 1.67. The molecule has 0 aliphatic carbocycles. The Morgan fingerprint density at radius 2 is 1.71 bits per heavy atom. The van der Waals surface area contributed by atoms with Crippen LogP contribution in [0.25, 0.3) is 6.08 Å². The minimum atomic E-state index is -0.823. The van der Waals surface area contributed by atoms with Crippen molar-refractivity contribution in [3.63, 3.8) is 0 Å². The predicted octanol–water partition coefficient (Wildman–Crippen LogP) is 5.07. The zero-order chi connectivity index (χ0) is 27.1. The van der Waals surface area contributed by atoms with E-state index in [1.807, 2.05) is 37.3 Å². The molecular formula is C30H28N2O6. The van der Waals surface area contributed by atoms with Gasteiger partial charge in [-0.1, -0.05) is 36.4 Å². The molecule has 1 aliphatic heterocycles. The van der Waals surface area contributed by atoms with E-state index in [4.69, 9.17) is 14.2 Å². The number of imide groups is 2. The van der Waals surface area contributed by atoms with Gasteiger partial charge in [-0.05, 0) is 66.9 Å². The lowest BCUT2D eigenvalue weighted by atomic mass is 10.0. The quantitative estimate of drug-likeness (QED) is 0.232. The molecule has 3 aromatic rings. The van der Waals surface area contributed by atoms with E-state index < -0.39 is 17.8 Å². The first-order valence-electron chi connectivity index (χ1n) is 12.1. The van der Waals surface area contributed by atoms with Gasteiger partial charge < -0.3 is 14.2 Å². The molecule has 0 spiro atoms. The maximum atomic E-state index is 13.3. The topological polar surface area (TPSA) is 94.2 Å². The summed E-state index contributed by atoms with van der Waals surface area (Å²) < 4.78 is 17.1. The van der Waals surface area contributed by atoms with Crippen LogP contribution in [0.2, 0.25) is 0 Å². The van der Waals surface area contributed by atoms with Gasteiger partial charge in [-0.15, -0.1) is 6.58 Å². The van der Waals surface area contributed by atoms with Gasteiger partial charge in [-0.3, -0.25) is 14.9 Å². The van der Waals surface area contributed by atoms with Gasteiger partial charge in [0.2, 0.25) is 0 Å². The molecule has 8 nitrogen and oxygen atoms in total. The number of ether oxygens (including phenoxy) is 3. The SMILES string of the molecule is C=CCc1cc(/C=C2\C(=O)NC(=O)N(c3ccc(OCC)cc3)C2=O)cc(OC)c1OCc1ccccc1. The van der Waals surface area contributed by atoms with Gasteiger partial charge in [0.05, 0.1) is 19.4 Å². The highest BCUT2D eigenvalue weighted by atomic mass is 16.5. The average molecular weight is 513 g/mol. The third-order valence-electron chi connectivity index (χ3n) is 5.78. The Hall–Kier alpha value is -4.85. The van der Waals surface area contributed by atoms with E-state index in [1.54, 1.807) is 42.5 Å². The molecule has 0 atom stereocenters. The molecule has 0 unspecified atom stereocenters. The van der Waals surface area contributed by atoms with Crippen molar-refractivity contribution >= 4 is 29.6 Å². The zero-order valence-corrected chi connectivity index (χ0v) is 21.2. The lowest BCUT2D eigenvalue weighted by molar-refractivity contribution is -0.122. The molecular weight excluding hydrogens is 484 g/mol. The predicted molar refractivity (Wildman–Crippen MR) is 144 cm³/mol. The van der Waals surface area contributed by atoms with Gasteiger partial charge in [0.1, 0.15) is 17.9 Å². The van der Waals surface area contributed by atoms with Crippen LogP contribution in [0.5, 0.6) is 17.2 Å². The summed E-state index contributed by atoms with van der Waals surface area (Å²) in [6, 6.07) is 18.9. The number of nitrogens with one attached hydrogen (secondary N) is 1. The Morgan fingerprint density at radius 1 is 0.974 bits per heavy atom. The van der Waals surface area contributed by atoms with Crippen LogP contribution in [0.15, 0.2) is 85.0 Å². The summed E-state index contributed by atoms with van der Waals surface area (Å²) in [6.45, 7) is 6.50. The number of carbonyl (C=O) groups is 3. The van der Waals surface area contributed by atoms with Crippen molar-refractivity contribution < 1.29 is 28.6 Å². The Morgan fingerprint density at radius 3 is 2.37 bits per heavy atom. The van der Waals surface area contributed by atoms with Crippen molar-refractivity contribution in [2.24, 2.45) is 0 Å². The molecule has 1 heterocycles. The Bertz CT molecular complexity index is 1380.